The van der Waals surface area contributed by atoms with Crippen molar-refractivity contribution < 1.29 is 14.3 Å². The molecule has 0 aromatic rings. The number of unbranched alkanes of at least 4 members (excludes halogenated alkanes) is 1. The summed E-state index contributed by atoms with van der Waals surface area (Å²) in [6.07, 6.45) is 10.1. The van der Waals surface area contributed by atoms with Crippen LogP contribution in [0.25, 0.3) is 0 Å². The summed E-state index contributed by atoms with van der Waals surface area (Å²) < 4.78 is 12.7. The Morgan fingerprint density at radius 2 is 2.03 bits per heavy atom. The van der Waals surface area contributed by atoms with E-state index in [1.54, 1.807) is 19.1 Å². The van der Waals surface area contributed by atoms with Gasteiger partial charge in [0.1, 0.15) is 10.5 Å². The van der Waals surface area contributed by atoms with Crippen LogP contribution < -0.4 is 11.1 Å². The minimum atomic E-state index is -0.569. The van der Waals surface area contributed by atoms with Crippen LogP contribution in [0.5, 0.6) is 0 Å². The van der Waals surface area contributed by atoms with Gasteiger partial charge < -0.3 is 25.4 Å². The van der Waals surface area contributed by atoms with E-state index < -0.39 is 4.75 Å². The van der Waals surface area contributed by atoms with Gasteiger partial charge in [-0.2, -0.15) is 0 Å². The average molecular weight is 470 g/mol. The van der Waals surface area contributed by atoms with Crippen molar-refractivity contribution in [2.75, 3.05) is 66.6 Å². The van der Waals surface area contributed by atoms with Gasteiger partial charge in [0.25, 0.3) is 0 Å². The number of allylic oxidation sites excluding steroid dienone is 1. The van der Waals surface area contributed by atoms with Crippen LogP contribution in [-0.4, -0.2) is 97.6 Å². The number of hydrogen-bond acceptors (Lipinski definition) is 8. The number of dihydropyridines is 1. The predicted octanol–water partition coefficient (Wildman–Crippen LogP) is 2.00. The van der Waals surface area contributed by atoms with Gasteiger partial charge in [0, 0.05) is 46.0 Å². The highest BCUT2D eigenvalue weighted by molar-refractivity contribution is 7.99. The molecule has 3 N–H and O–H groups in total. The molecule has 0 aliphatic carbocycles. The van der Waals surface area contributed by atoms with Crippen molar-refractivity contribution in [2.45, 2.75) is 50.4 Å². The molecule has 0 spiro atoms. The zero-order chi connectivity index (χ0) is 23.4. The van der Waals surface area contributed by atoms with Crippen LogP contribution in [0.1, 0.15) is 39.5 Å². The molecule has 1 amide bonds. The van der Waals surface area contributed by atoms with Crippen molar-refractivity contribution in [3.8, 4) is 0 Å². The molecular formula is C23H43N5O3S. The first-order chi connectivity index (χ1) is 15.4. The summed E-state index contributed by atoms with van der Waals surface area (Å²) in [7, 11) is 3.77. The second-order valence-corrected chi connectivity index (χ2v) is 10.0. The lowest BCUT2D eigenvalue weighted by Crippen LogP contribution is -2.54. The number of likely N-dealkylation sites (N-methyl/N-ethyl adjacent to an activating group) is 1. The lowest BCUT2D eigenvalue weighted by Gasteiger charge is -2.41. The zero-order valence-corrected chi connectivity index (χ0v) is 21.2. The Balaban J connectivity index is 1.82. The second kappa shape index (κ2) is 14.1. The molecule has 2 aliphatic heterocycles. The highest BCUT2D eigenvalue weighted by Gasteiger charge is 2.39. The van der Waals surface area contributed by atoms with E-state index in [1.807, 2.05) is 6.20 Å². The summed E-state index contributed by atoms with van der Waals surface area (Å²) in [4.78, 5) is 17.1. The van der Waals surface area contributed by atoms with E-state index in [-0.39, 0.29) is 12.1 Å². The van der Waals surface area contributed by atoms with Crippen LogP contribution >= 0.6 is 11.9 Å². The molecule has 0 radical (unpaired) electrons. The van der Waals surface area contributed by atoms with Gasteiger partial charge in [-0.15, -0.1) is 0 Å². The first-order valence-electron chi connectivity index (χ1n) is 11.9. The normalized spacial score (nSPS) is 21.8. The Labute approximate surface area is 198 Å². The molecular weight excluding hydrogens is 426 g/mol. The largest absolute Gasteiger partial charge is 0.492 e. The first-order valence-corrected chi connectivity index (χ1v) is 12.6. The Morgan fingerprint density at radius 1 is 1.28 bits per heavy atom. The fourth-order valence-corrected chi connectivity index (χ4v) is 5.03. The van der Waals surface area contributed by atoms with E-state index in [0.29, 0.717) is 6.61 Å². The number of primary amides is 1. The number of nitrogens with one attached hydrogen (secondary N) is 1. The smallest absolute Gasteiger partial charge is 0.235 e. The second-order valence-electron chi connectivity index (χ2n) is 8.53. The van der Waals surface area contributed by atoms with Gasteiger partial charge in [-0.25, -0.2) is 4.31 Å². The van der Waals surface area contributed by atoms with Crippen molar-refractivity contribution in [1.82, 2.24) is 19.4 Å². The van der Waals surface area contributed by atoms with Crippen LogP contribution in [0.2, 0.25) is 0 Å². The number of carbonyl (C=O) groups is 1. The number of nitrogens with two attached hydrogens (primary N) is 1. The minimum absolute atomic E-state index is 0.183. The molecule has 1 saturated heterocycles. The van der Waals surface area contributed by atoms with Crippen molar-refractivity contribution in [3.63, 3.8) is 0 Å². The number of methoxy groups -OCH3 is 1. The average Bonchev–Trinajstić information content (AvgIpc) is 2.81. The number of nitrogens with zero attached hydrogens (tertiary/aromatic N) is 3. The first kappa shape index (κ1) is 27.0. The van der Waals surface area contributed by atoms with Crippen molar-refractivity contribution in [1.29, 1.82) is 0 Å². The van der Waals surface area contributed by atoms with Crippen LogP contribution in [-0.2, 0) is 14.3 Å². The van der Waals surface area contributed by atoms with Gasteiger partial charge in [0.05, 0.1) is 19.4 Å². The van der Waals surface area contributed by atoms with Crippen molar-refractivity contribution in [3.05, 3.63) is 24.1 Å². The summed E-state index contributed by atoms with van der Waals surface area (Å²) in [6, 6.07) is 0. The fraction of sp³-hybridized carbons (Fsp3) is 0.783. The van der Waals surface area contributed by atoms with Crippen molar-refractivity contribution >= 4 is 17.9 Å². The van der Waals surface area contributed by atoms with Crippen molar-refractivity contribution in [2.24, 2.45) is 5.73 Å². The molecule has 2 aliphatic rings. The van der Waals surface area contributed by atoms with Crippen LogP contribution in [0.15, 0.2) is 24.1 Å². The molecule has 0 saturated carbocycles. The summed E-state index contributed by atoms with van der Waals surface area (Å²) in [5, 5.41) is 3.44. The molecule has 184 valence electrons. The number of carbonyl (C=O) groups excluding carboxylic acids is 1. The fourth-order valence-electron chi connectivity index (χ4n) is 3.79. The summed E-state index contributed by atoms with van der Waals surface area (Å²) in [5.41, 5.74) is 5.91. The molecule has 8 nitrogen and oxygen atoms in total. The molecule has 2 heterocycles. The molecule has 32 heavy (non-hydrogen) atoms. The van der Waals surface area contributed by atoms with E-state index in [9.17, 15) is 4.79 Å². The Morgan fingerprint density at radius 3 is 2.59 bits per heavy atom. The lowest BCUT2D eigenvalue weighted by atomic mass is 10.0. The number of ether oxygens (including phenoxy) is 2. The highest BCUT2D eigenvalue weighted by Crippen LogP contribution is 2.36. The van der Waals surface area contributed by atoms with Gasteiger partial charge in [-0.1, -0.05) is 32.2 Å². The van der Waals surface area contributed by atoms with E-state index in [0.717, 1.165) is 77.3 Å². The summed E-state index contributed by atoms with van der Waals surface area (Å²) in [5.74, 6) is 0.679. The number of amides is 1. The number of hydrogen-bond donors (Lipinski definition) is 2. The molecule has 1 fully saturated rings. The molecule has 0 bridgehead atoms. The third-order valence-electron chi connectivity index (χ3n) is 6.17. The maximum absolute atomic E-state index is 12.5. The molecule has 2 unspecified atom stereocenters. The van der Waals surface area contributed by atoms with E-state index in [1.165, 1.54) is 0 Å². The topological polar surface area (TPSA) is 83.3 Å². The summed E-state index contributed by atoms with van der Waals surface area (Å²) in [6.45, 7) is 11.0. The number of piperazine rings is 1. The van der Waals surface area contributed by atoms with E-state index in [2.05, 4.69) is 52.5 Å². The Kier molecular flexibility index (Phi) is 11.9. The number of rotatable bonds is 15. The SMILES string of the molecule is CCCCOC1=CNC(N2CCN(SC(CC)(CCN(C)CCOC)C(N)=O)CC2)C=C1. The third kappa shape index (κ3) is 8.26. The van der Waals surface area contributed by atoms with Gasteiger partial charge in [0.2, 0.25) is 5.91 Å². The maximum atomic E-state index is 12.5. The van der Waals surface area contributed by atoms with E-state index >= 15 is 0 Å². The monoisotopic (exact) mass is 469 g/mol. The van der Waals surface area contributed by atoms with Crippen LogP contribution in [0.3, 0.4) is 0 Å². The Bertz CT molecular complexity index is 625. The molecule has 9 heteroatoms. The molecule has 2 rings (SSSR count). The molecule has 0 aromatic heterocycles. The molecule has 0 aromatic carbocycles. The van der Waals surface area contributed by atoms with Gasteiger partial charge in [0.15, 0.2) is 0 Å². The molecule has 2 atom stereocenters. The lowest BCUT2D eigenvalue weighted by molar-refractivity contribution is -0.120. The predicted molar refractivity (Wildman–Crippen MR) is 132 cm³/mol. The maximum Gasteiger partial charge on any atom is 0.235 e. The van der Waals surface area contributed by atoms with Crippen LogP contribution in [0, 0.1) is 0 Å². The van der Waals surface area contributed by atoms with Gasteiger partial charge in [-0.05, 0) is 45.0 Å². The minimum Gasteiger partial charge on any atom is -0.492 e. The van der Waals surface area contributed by atoms with Crippen LogP contribution in [0.4, 0.5) is 0 Å². The van der Waals surface area contributed by atoms with Gasteiger partial charge >= 0.3 is 0 Å². The zero-order valence-electron chi connectivity index (χ0n) is 20.3. The third-order valence-corrected chi connectivity index (χ3v) is 7.84. The van der Waals surface area contributed by atoms with E-state index in [4.69, 9.17) is 15.2 Å². The summed E-state index contributed by atoms with van der Waals surface area (Å²) >= 11 is 1.65. The Hall–Kier alpha value is -1.26. The standard InChI is InChI=1S/C23H43N5O3S/c1-5-7-17-31-20-8-9-21(25-19-20)27-12-14-28(15-13-27)32-23(6-2,22(24)29)10-11-26(3)16-18-30-4/h8-9,19,21,25H,5-7,10-18H2,1-4H3,(H2,24,29). The quantitative estimate of drug-likeness (QED) is 0.278. The van der Waals surface area contributed by atoms with Gasteiger partial charge in [-0.3, -0.25) is 9.69 Å². The highest BCUT2D eigenvalue weighted by atomic mass is 32.2.